The predicted molar refractivity (Wildman–Crippen MR) is 70.3 cm³/mol. The smallest absolute Gasteiger partial charge is 0.307 e. The van der Waals surface area contributed by atoms with E-state index < -0.39 is 30.1 Å². The van der Waals surface area contributed by atoms with Gasteiger partial charge in [0.1, 0.15) is 6.29 Å². The molecule has 134 valence electrons. The molecule has 0 saturated heterocycles. The van der Waals surface area contributed by atoms with Crippen LogP contribution in [-0.4, -0.2) is 31.6 Å². The Labute approximate surface area is 132 Å². The fourth-order valence-electron chi connectivity index (χ4n) is 2.36. The number of hydrogen-bond acceptors (Lipinski definition) is 2. The van der Waals surface area contributed by atoms with Gasteiger partial charge < -0.3 is 9.69 Å². The molecule has 1 amide bonds. The van der Waals surface area contributed by atoms with E-state index in [1.54, 1.807) is 0 Å². The van der Waals surface area contributed by atoms with Crippen LogP contribution in [0.4, 0.5) is 36.4 Å². The first kappa shape index (κ1) is 19.9. The topological polar surface area (TPSA) is 37.4 Å². The lowest BCUT2D eigenvalue weighted by molar-refractivity contribution is -0.348. The Kier molecular flexibility index (Phi) is 5.31. The number of nitrogens with zero attached hydrogens (tertiary/aromatic N) is 1. The van der Waals surface area contributed by atoms with Crippen LogP contribution < -0.4 is 4.90 Å². The average molecular weight is 359 g/mol. The Morgan fingerprint density at radius 2 is 1.33 bits per heavy atom. The third-order valence-corrected chi connectivity index (χ3v) is 3.36. The van der Waals surface area contributed by atoms with Gasteiger partial charge in [0.25, 0.3) is 0 Å². The maximum atomic E-state index is 14.1. The van der Waals surface area contributed by atoms with E-state index in [0.717, 1.165) is 18.7 Å². The van der Waals surface area contributed by atoms with Crippen molar-refractivity contribution in [2.24, 2.45) is 0 Å². The van der Waals surface area contributed by atoms with E-state index in [4.69, 9.17) is 0 Å². The molecule has 0 aliphatic heterocycles. The molecule has 1 aromatic rings. The maximum absolute atomic E-state index is 14.1. The monoisotopic (exact) mass is 359 g/mol. The number of hydrogen-bond donors (Lipinski definition) is 0. The van der Waals surface area contributed by atoms with Crippen LogP contribution in [0, 0.1) is 13.8 Å². The Hall–Kier alpha value is -2.13. The molecule has 0 unspecified atom stereocenters. The van der Waals surface area contributed by atoms with Crippen LogP contribution in [0.25, 0.3) is 0 Å². The molecule has 0 spiro atoms. The van der Waals surface area contributed by atoms with E-state index in [1.165, 1.54) is 0 Å². The van der Waals surface area contributed by atoms with Gasteiger partial charge in [-0.2, -0.15) is 26.3 Å². The minimum Gasteiger partial charge on any atom is -0.307 e. The minimum absolute atomic E-state index is 0.0625. The third-order valence-electron chi connectivity index (χ3n) is 3.36. The van der Waals surface area contributed by atoms with Crippen molar-refractivity contribution in [2.75, 3.05) is 11.4 Å². The predicted octanol–water partition coefficient (Wildman–Crippen LogP) is 3.75. The van der Waals surface area contributed by atoms with Crippen molar-refractivity contribution >= 4 is 18.4 Å². The van der Waals surface area contributed by atoms with Crippen LogP contribution in [0.5, 0.6) is 0 Å². The van der Waals surface area contributed by atoms with E-state index in [2.05, 4.69) is 0 Å². The van der Waals surface area contributed by atoms with Gasteiger partial charge in [-0.15, -0.1) is 0 Å². The van der Waals surface area contributed by atoms with Gasteiger partial charge >= 0.3 is 18.0 Å². The summed E-state index contributed by atoms with van der Waals surface area (Å²) in [5.41, 5.74) is -7.68. The van der Waals surface area contributed by atoms with E-state index >= 15 is 0 Å². The fourth-order valence-corrected chi connectivity index (χ4v) is 2.36. The second-order valence-corrected chi connectivity index (χ2v) is 5.04. The first-order valence-corrected chi connectivity index (χ1v) is 6.41. The van der Waals surface area contributed by atoms with Crippen molar-refractivity contribution in [3.05, 3.63) is 28.8 Å². The fraction of sp³-hybridized carbons (Fsp3) is 0.429. The minimum atomic E-state index is -6.22. The second-order valence-electron chi connectivity index (χ2n) is 5.04. The molecular formula is C14H12F7NO2. The van der Waals surface area contributed by atoms with Crippen molar-refractivity contribution in [1.29, 1.82) is 0 Å². The number of rotatable bonds is 5. The molecule has 3 nitrogen and oxygen atoms in total. The molecule has 1 rings (SSSR count). The molecule has 0 bridgehead atoms. The largest absolute Gasteiger partial charge is 0.435 e. The van der Waals surface area contributed by atoms with Crippen LogP contribution in [-0.2, 0) is 15.3 Å². The van der Waals surface area contributed by atoms with Crippen LogP contribution in [0.1, 0.15) is 16.7 Å². The van der Waals surface area contributed by atoms with Crippen molar-refractivity contribution in [3.8, 4) is 0 Å². The number of aryl methyl sites for hydroxylation is 2. The first-order valence-electron chi connectivity index (χ1n) is 6.41. The molecule has 0 N–H and O–H groups in total. The molecular weight excluding hydrogens is 347 g/mol. The molecule has 24 heavy (non-hydrogen) atoms. The summed E-state index contributed by atoms with van der Waals surface area (Å²) in [4.78, 5) is 22.2. The van der Waals surface area contributed by atoms with Gasteiger partial charge in [-0.1, -0.05) is 12.1 Å². The molecule has 0 aliphatic carbocycles. The van der Waals surface area contributed by atoms with Crippen molar-refractivity contribution in [2.45, 2.75) is 31.9 Å². The Morgan fingerprint density at radius 3 is 1.62 bits per heavy atom. The highest BCUT2D eigenvalue weighted by molar-refractivity contribution is 5.83. The summed E-state index contributed by atoms with van der Waals surface area (Å²) in [5.74, 6) is 0. The van der Waals surface area contributed by atoms with E-state index in [0.29, 0.717) is 18.4 Å². The van der Waals surface area contributed by atoms with Crippen molar-refractivity contribution in [3.63, 3.8) is 0 Å². The molecule has 1 aromatic carbocycles. The third kappa shape index (κ3) is 3.22. The standard InChI is InChI=1S/C14H12F7NO2/c1-8-5-10(12(15,13(16,17)18)14(19,20)21)6-9(2)11(8)22(7-24)3-4-23/h4-7H,3H2,1-2H3. The number of carbonyl (C=O) groups is 2. The maximum Gasteiger partial charge on any atom is 0.435 e. The van der Waals surface area contributed by atoms with Crippen LogP contribution in [0.3, 0.4) is 0 Å². The van der Waals surface area contributed by atoms with Crippen molar-refractivity contribution < 1.29 is 40.3 Å². The van der Waals surface area contributed by atoms with Crippen molar-refractivity contribution in [1.82, 2.24) is 0 Å². The molecule has 0 aliphatic rings. The molecule has 0 fully saturated rings. The van der Waals surface area contributed by atoms with Gasteiger partial charge in [0, 0.05) is 11.3 Å². The number of carbonyl (C=O) groups excluding carboxylic acids is 2. The average Bonchev–Trinajstić information content (AvgIpc) is 2.41. The SMILES string of the molecule is Cc1cc(C(F)(C(F)(F)F)C(F)(F)F)cc(C)c1N(C=O)CC=O. The number of aldehydes is 1. The lowest BCUT2D eigenvalue weighted by Crippen LogP contribution is -2.50. The normalized spacial score (nSPS) is 12.9. The highest BCUT2D eigenvalue weighted by Crippen LogP contribution is 2.53. The summed E-state index contributed by atoms with van der Waals surface area (Å²) in [6, 6.07) is 0.731. The van der Waals surface area contributed by atoms with Crippen LogP contribution >= 0.6 is 0 Å². The van der Waals surface area contributed by atoms with Crippen LogP contribution in [0.2, 0.25) is 0 Å². The van der Waals surface area contributed by atoms with E-state index in [1.807, 2.05) is 0 Å². The zero-order valence-corrected chi connectivity index (χ0v) is 12.4. The highest BCUT2D eigenvalue weighted by Gasteiger charge is 2.73. The number of anilines is 1. The summed E-state index contributed by atoms with van der Waals surface area (Å²) in [6.07, 6.45) is -11.9. The molecule has 0 aromatic heterocycles. The van der Waals surface area contributed by atoms with Gasteiger partial charge in [-0.05, 0) is 25.0 Å². The van der Waals surface area contributed by atoms with Gasteiger partial charge in [0.15, 0.2) is 0 Å². The summed E-state index contributed by atoms with van der Waals surface area (Å²) < 4.78 is 90.8. The summed E-state index contributed by atoms with van der Waals surface area (Å²) in [5, 5.41) is 0. The first-order chi connectivity index (χ1) is 10.8. The Bertz CT molecular complexity index is 600. The number of benzene rings is 1. The van der Waals surface area contributed by atoms with Gasteiger partial charge in [-0.3, -0.25) is 4.79 Å². The van der Waals surface area contributed by atoms with Crippen LogP contribution in [0.15, 0.2) is 12.1 Å². The highest BCUT2D eigenvalue weighted by atomic mass is 19.4. The number of alkyl halides is 7. The summed E-state index contributed by atoms with van der Waals surface area (Å²) in [6.45, 7) is 1.77. The van der Waals surface area contributed by atoms with Gasteiger partial charge in [0.2, 0.25) is 6.41 Å². The second kappa shape index (κ2) is 6.40. The number of halogens is 7. The summed E-state index contributed by atoms with van der Waals surface area (Å²) >= 11 is 0. The molecule has 0 atom stereocenters. The zero-order chi connectivity index (χ0) is 18.9. The quantitative estimate of drug-likeness (QED) is 0.593. The van der Waals surface area contributed by atoms with E-state index in [-0.39, 0.29) is 23.2 Å². The number of amides is 1. The molecule has 0 radical (unpaired) electrons. The van der Waals surface area contributed by atoms with E-state index in [9.17, 15) is 40.3 Å². The summed E-state index contributed by atoms with van der Waals surface area (Å²) in [7, 11) is 0. The molecule has 0 heterocycles. The lowest BCUT2D eigenvalue weighted by atomic mass is 9.90. The van der Waals surface area contributed by atoms with Gasteiger partial charge in [0.05, 0.1) is 6.54 Å². The lowest BCUT2D eigenvalue weighted by Gasteiger charge is -2.31. The molecule has 10 heteroatoms. The molecule has 0 saturated carbocycles. The van der Waals surface area contributed by atoms with Gasteiger partial charge in [-0.25, -0.2) is 4.39 Å². The Morgan fingerprint density at radius 1 is 0.917 bits per heavy atom. The Balaban J connectivity index is 3.63. The zero-order valence-electron chi connectivity index (χ0n) is 12.4.